The molecule has 0 saturated carbocycles. The lowest BCUT2D eigenvalue weighted by molar-refractivity contribution is 0.831. The summed E-state index contributed by atoms with van der Waals surface area (Å²) >= 11 is 3.98. The number of benzene rings is 5. The van der Waals surface area contributed by atoms with Crippen LogP contribution in [0, 0.1) is 0 Å². The molecule has 0 bridgehead atoms. The molecule has 7 aromatic rings. The molecule has 0 N–H and O–H groups in total. The molecule has 0 fully saturated rings. The molecule has 0 spiro atoms. The minimum absolute atomic E-state index is 1.14. The Balaban J connectivity index is 1.16. The first-order valence-electron chi connectivity index (χ1n) is 13.7. The quantitative estimate of drug-likeness (QED) is 0.173. The van der Waals surface area contributed by atoms with E-state index in [1.165, 1.54) is 75.4 Å². The summed E-state index contributed by atoms with van der Waals surface area (Å²) in [5.41, 5.74) is 2.87. The first kappa shape index (κ1) is 23.6. The molecule has 0 nitrogen and oxygen atoms in total. The number of hydrogen-bond donors (Lipinski definition) is 0. The second kappa shape index (κ2) is 10.4. The Kier molecular flexibility index (Phi) is 6.45. The Hall–Kier alpha value is -3.46. The molecule has 0 aliphatic rings. The van der Waals surface area contributed by atoms with E-state index in [1.807, 2.05) is 22.7 Å². The Labute approximate surface area is 232 Å². The molecule has 5 aromatic carbocycles. The van der Waals surface area contributed by atoms with Crippen LogP contribution in [0.3, 0.4) is 0 Å². The minimum Gasteiger partial charge on any atom is -0.140 e. The van der Waals surface area contributed by atoms with Crippen LogP contribution in [-0.4, -0.2) is 0 Å². The average Bonchev–Trinajstić information content (AvgIpc) is 3.57. The maximum atomic E-state index is 2.44. The molecular weight excluding hydrogens is 497 g/mol. The Bertz CT molecular complexity index is 1720. The molecule has 2 aromatic heterocycles. The van der Waals surface area contributed by atoms with Gasteiger partial charge in [-0.3, -0.25) is 0 Å². The van der Waals surface area contributed by atoms with E-state index in [-0.39, 0.29) is 0 Å². The van der Waals surface area contributed by atoms with Gasteiger partial charge in [0.2, 0.25) is 0 Å². The predicted molar refractivity (Wildman–Crippen MR) is 169 cm³/mol. The van der Waals surface area contributed by atoms with E-state index in [4.69, 9.17) is 0 Å². The summed E-state index contributed by atoms with van der Waals surface area (Å²) in [6, 6.07) is 40.7. The van der Waals surface area contributed by atoms with Gasteiger partial charge in [0.1, 0.15) is 0 Å². The van der Waals surface area contributed by atoms with Crippen molar-refractivity contribution in [1.82, 2.24) is 0 Å². The van der Waals surface area contributed by atoms with Crippen LogP contribution < -0.4 is 0 Å². The van der Waals surface area contributed by atoms with E-state index in [1.54, 1.807) is 0 Å². The molecule has 7 rings (SSSR count). The molecule has 0 radical (unpaired) electrons. The first-order valence-corrected chi connectivity index (χ1v) is 15.3. The SMILES string of the molecule is c1ccc(CCCc2cc3ccc4cc5c(ccc6cc(CCCc7ccccc7)sc65)cc4c3s2)cc1. The molecule has 0 aliphatic heterocycles. The molecule has 2 heterocycles. The summed E-state index contributed by atoms with van der Waals surface area (Å²) in [6.07, 6.45) is 6.97. The van der Waals surface area contributed by atoms with E-state index >= 15 is 0 Å². The second-order valence-corrected chi connectivity index (χ2v) is 12.6. The van der Waals surface area contributed by atoms with Gasteiger partial charge in [-0.1, -0.05) is 84.9 Å². The normalized spacial score (nSPS) is 11.8. The fraction of sp³-hybridized carbons (Fsp3) is 0.167. The summed E-state index contributed by atoms with van der Waals surface area (Å²) < 4.78 is 2.87. The van der Waals surface area contributed by atoms with E-state index in [9.17, 15) is 0 Å². The summed E-state index contributed by atoms with van der Waals surface area (Å²) in [5, 5.41) is 8.27. The molecule has 0 saturated heterocycles. The van der Waals surface area contributed by atoms with Gasteiger partial charge in [-0.2, -0.15) is 0 Å². The minimum atomic E-state index is 1.14. The molecule has 186 valence electrons. The lowest BCUT2D eigenvalue weighted by Crippen LogP contribution is -1.87. The molecular formula is C36H30S2. The number of rotatable bonds is 8. The van der Waals surface area contributed by atoms with Gasteiger partial charge >= 0.3 is 0 Å². The van der Waals surface area contributed by atoms with Gasteiger partial charge in [-0.25, -0.2) is 0 Å². The summed E-state index contributed by atoms with van der Waals surface area (Å²) in [4.78, 5) is 3.00. The van der Waals surface area contributed by atoms with Gasteiger partial charge in [-0.15, -0.1) is 22.7 Å². The Morgan fingerprint density at radius 2 is 0.816 bits per heavy atom. The predicted octanol–water partition coefficient (Wildman–Crippen LogP) is 10.8. The van der Waals surface area contributed by atoms with Crippen LogP contribution in [-0.2, 0) is 25.7 Å². The summed E-state index contributed by atoms with van der Waals surface area (Å²) in [6.45, 7) is 0. The van der Waals surface area contributed by atoms with Crippen molar-refractivity contribution in [2.75, 3.05) is 0 Å². The van der Waals surface area contributed by atoms with Crippen molar-refractivity contribution in [3.05, 3.63) is 130 Å². The maximum absolute atomic E-state index is 2.44. The van der Waals surface area contributed by atoms with Crippen LogP contribution >= 0.6 is 22.7 Å². The van der Waals surface area contributed by atoms with Crippen molar-refractivity contribution in [3.8, 4) is 0 Å². The van der Waals surface area contributed by atoms with Crippen LogP contribution in [0.2, 0.25) is 0 Å². The lowest BCUT2D eigenvalue weighted by atomic mass is 10.0. The zero-order valence-corrected chi connectivity index (χ0v) is 23.1. The Morgan fingerprint density at radius 1 is 0.395 bits per heavy atom. The van der Waals surface area contributed by atoms with Crippen LogP contribution in [0.25, 0.3) is 41.7 Å². The summed E-state index contributed by atoms with van der Waals surface area (Å²) in [7, 11) is 0. The maximum Gasteiger partial charge on any atom is 0.0424 e. The number of fused-ring (bicyclic) bond motifs is 6. The van der Waals surface area contributed by atoms with E-state index < -0.39 is 0 Å². The van der Waals surface area contributed by atoms with Crippen molar-refractivity contribution in [2.45, 2.75) is 38.5 Å². The van der Waals surface area contributed by atoms with E-state index in [0.29, 0.717) is 0 Å². The largest absolute Gasteiger partial charge is 0.140 e. The molecule has 2 heteroatoms. The smallest absolute Gasteiger partial charge is 0.0424 e. The summed E-state index contributed by atoms with van der Waals surface area (Å²) in [5.74, 6) is 0. The van der Waals surface area contributed by atoms with E-state index in [0.717, 1.165) is 25.7 Å². The highest BCUT2D eigenvalue weighted by molar-refractivity contribution is 7.20. The van der Waals surface area contributed by atoms with Crippen molar-refractivity contribution < 1.29 is 0 Å². The molecule has 0 amide bonds. The number of thiophene rings is 2. The topological polar surface area (TPSA) is 0 Å². The third-order valence-electron chi connectivity index (χ3n) is 7.68. The molecule has 0 atom stereocenters. The van der Waals surface area contributed by atoms with Crippen molar-refractivity contribution in [1.29, 1.82) is 0 Å². The number of aryl methyl sites for hydroxylation is 4. The highest BCUT2D eigenvalue weighted by atomic mass is 32.1. The van der Waals surface area contributed by atoms with Gasteiger partial charge < -0.3 is 0 Å². The van der Waals surface area contributed by atoms with Gasteiger partial charge in [0.25, 0.3) is 0 Å². The van der Waals surface area contributed by atoms with Crippen LogP contribution in [0.1, 0.15) is 33.7 Å². The fourth-order valence-corrected chi connectivity index (χ4v) is 8.17. The van der Waals surface area contributed by atoms with Gasteiger partial charge in [0.05, 0.1) is 0 Å². The first-order chi connectivity index (χ1) is 18.8. The fourth-order valence-electron chi connectivity index (χ4n) is 5.72. The average molecular weight is 527 g/mol. The highest BCUT2D eigenvalue weighted by Gasteiger charge is 2.11. The number of hydrogen-bond acceptors (Lipinski definition) is 2. The standard InChI is InChI=1S/C36H30S2/c1-3-9-25(10-4-1)13-7-15-31-21-29-19-17-27-24-34-28(23-33(27)35(29)37-31)18-20-30-22-32(38-36(30)34)16-8-14-26-11-5-2-6-12-26/h1-6,9-12,17-24H,7-8,13-16H2. The molecule has 38 heavy (non-hydrogen) atoms. The third-order valence-corrected chi connectivity index (χ3v) is 10.2. The molecule has 0 unspecified atom stereocenters. The van der Waals surface area contributed by atoms with E-state index in [2.05, 4.69) is 109 Å². The van der Waals surface area contributed by atoms with Gasteiger partial charge in [0, 0.05) is 29.9 Å². The molecule has 0 aliphatic carbocycles. The van der Waals surface area contributed by atoms with Gasteiger partial charge in [0.15, 0.2) is 0 Å². The van der Waals surface area contributed by atoms with Crippen LogP contribution in [0.15, 0.2) is 109 Å². The lowest BCUT2D eigenvalue weighted by Gasteiger charge is -2.05. The zero-order valence-electron chi connectivity index (χ0n) is 21.5. The van der Waals surface area contributed by atoms with Crippen LogP contribution in [0.5, 0.6) is 0 Å². The third kappa shape index (κ3) is 4.75. The Morgan fingerprint density at radius 3 is 1.26 bits per heavy atom. The van der Waals surface area contributed by atoms with Gasteiger partial charge in [-0.05, 0) is 95.5 Å². The highest BCUT2D eigenvalue weighted by Crippen LogP contribution is 2.39. The zero-order chi connectivity index (χ0) is 25.3. The van der Waals surface area contributed by atoms with Crippen molar-refractivity contribution in [3.63, 3.8) is 0 Å². The van der Waals surface area contributed by atoms with Crippen molar-refractivity contribution >= 4 is 64.4 Å². The van der Waals surface area contributed by atoms with Crippen LogP contribution in [0.4, 0.5) is 0 Å². The monoisotopic (exact) mass is 526 g/mol. The second-order valence-electron chi connectivity index (χ2n) is 10.4. The van der Waals surface area contributed by atoms with Crippen molar-refractivity contribution in [2.24, 2.45) is 0 Å².